The molecule has 0 spiro atoms. The maximum absolute atomic E-state index is 13.5. The summed E-state index contributed by atoms with van der Waals surface area (Å²) >= 11 is 1.54. The number of rotatable bonds is 12. The summed E-state index contributed by atoms with van der Waals surface area (Å²) in [4.78, 5) is 46.5. The first kappa shape index (κ1) is 30.4. The second-order valence-electron chi connectivity index (χ2n) is 11.6. The van der Waals surface area contributed by atoms with Gasteiger partial charge in [0.05, 0.1) is 35.0 Å². The van der Waals surface area contributed by atoms with Gasteiger partial charge in [0, 0.05) is 38.4 Å². The summed E-state index contributed by atoms with van der Waals surface area (Å²) in [6.07, 6.45) is 5.54. The second kappa shape index (κ2) is 13.9. The van der Waals surface area contributed by atoms with E-state index in [-0.39, 0.29) is 49.6 Å². The van der Waals surface area contributed by atoms with Crippen LogP contribution in [0.2, 0.25) is 0 Å². The Bertz CT molecular complexity index is 1170. The Kier molecular flexibility index (Phi) is 10.5. The van der Waals surface area contributed by atoms with Gasteiger partial charge in [-0.15, -0.1) is 11.3 Å². The van der Waals surface area contributed by atoms with E-state index in [1.807, 2.05) is 6.07 Å². The van der Waals surface area contributed by atoms with E-state index in [1.54, 1.807) is 18.3 Å². The fourth-order valence-electron chi connectivity index (χ4n) is 6.12. The van der Waals surface area contributed by atoms with E-state index in [0.29, 0.717) is 32.2 Å². The van der Waals surface area contributed by atoms with Crippen molar-refractivity contribution in [2.45, 2.75) is 77.2 Å². The van der Waals surface area contributed by atoms with Gasteiger partial charge in [-0.3, -0.25) is 19.3 Å². The van der Waals surface area contributed by atoms with Crippen molar-refractivity contribution in [3.8, 4) is 0 Å². The number of hydrogen-bond acceptors (Lipinski definition) is 7. The van der Waals surface area contributed by atoms with Crippen LogP contribution in [-0.2, 0) is 25.5 Å². The highest BCUT2D eigenvalue weighted by Crippen LogP contribution is 2.39. The summed E-state index contributed by atoms with van der Waals surface area (Å²) < 4.78 is 6.45. The van der Waals surface area contributed by atoms with Crippen LogP contribution in [0.3, 0.4) is 0 Å². The van der Waals surface area contributed by atoms with Crippen molar-refractivity contribution in [2.24, 2.45) is 17.6 Å². The van der Waals surface area contributed by atoms with Crippen LogP contribution in [0.15, 0.2) is 18.2 Å². The first-order valence-corrected chi connectivity index (χ1v) is 15.6. The van der Waals surface area contributed by atoms with Gasteiger partial charge in [0.15, 0.2) is 0 Å². The monoisotopic (exact) mass is 571 g/mol. The number of carbonyl (C=O) groups excluding carboxylic acids is 3. The standard InChI is InChI=1S/C30H45N5O4S/c1-4-26(36)34-30(29(31)38,17-28-33-24-11-10-22(20(2)3)16-25(24)40-28)23(21-8-6-5-7-9-21)18-32-27(37)19-35-12-14-39-15-13-35/h10-11,16,20-21,23H,4-9,12-15,17-19H2,1-3H3,(H2,31,38)(H,32,37)(H,34,36)/t23-,30?/m1/s1. The lowest BCUT2D eigenvalue weighted by Gasteiger charge is -2.44. The zero-order valence-electron chi connectivity index (χ0n) is 24.2. The quantitative estimate of drug-likeness (QED) is 0.359. The number of nitrogens with one attached hydrogen (secondary N) is 2. The molecule has 1 aromatic heterocycles. The number of benzene rings is 1. The molecule has 40 heavy (non-hydrogen) atoms. The number of fused-ring (bicyclic) bond motifs is 1. The molecule has 1 aliphatic carbocycles. The summed E-state index contributed by atoms with van der Waals surface area (Å²) in [7, 11) is 0. The highest BCUT2D eigenvalue weighted by molar-refractivity contribution is 7.18. The van der Waals surface area contributed by atoms with E-state index in [9.17, 15) is 14.4 Å². The van der Waals surface area contributed by atoms with E-state index >= 15 is 0 Å². The third-order valence-electron chi connectivity index (χ3n) is 8.52. The van der Waals surface area contributed by atoms with E-state index < -0.39 is 11.4 Å². The summed E-state index contributed by atoms with van der Waals surface area (Å²) in [5.74, 6) is -0.724. The minimum absolute atomic E-state index is 0.0934. The van der Waals surface area contributed by atoms with Crippen molar-refractivity contribution in [3.05, 3.63) is 28.8 Å². The van der Waals surface area contributed by atoms with Crippen LogP contribution in [0.25, 0.3) is 10.2 Å². The number of morpholine rings is 1. The third kappa shape index (κ3) is 7.39. The number of nitrogens with two attached hydrogens (primary N) is 1. The Morgan fingerprint density at radius 2 is 1.88 bits per heavy atom. The molecule has 10 heteroatoms. The van der Waals surface area contributed by atoms with Gasteiger partial charge in [0.25, 0.3) is 0 Å². The molecule has 9 nitrogen and oxygen atoms in total. The molecule has 2 aromatic rings. The Labute approximate surface area is 241 Å². The molecular weight excluding hydrogens is 526 g/mol. The van der Waals surface area contributed by atoms with Crippen LogP contribution in [0, 0.1) is 11.8 Å². The van der Waals surface area contributed by atoms with Crippen LogP contribution < -0.4 is 16.4 Å². The summed E-state index contributed by atoms with van der Waals surface area (Å²) in [6.45, 7) is 9.30. The number of primary amides is 1. The molecule has 1 saturated carbocycles. The highest BCUT2D eigenvalue weighted by Gasteiger charge is 2.49. The van der Waals surface area contributed by atoms with Gasteiger partial charge in [0.2, 0.25) is 17.7 Å². The Balaban J connectivity index is 1.66. The fraction of sp³-hybridized carbons (Fsp3) is 0.667. The van der Waals surface area contributed by atoms with Gasteiger partial charge in [-0.25, -0.2) is 4.98 Å². The first-order chi connectivity index (χ1) is 19.2. The Hall–Kier alpha value is -2.56. The highest BCUT2D eigenvalue weighted by atomic mass is 32.1. The molecule has 1 saturated heterocycles. The Morgan fingerprint density at radius 3 is 2.52 bits per heavy atom. The number of thiazole rings is 1. The van der Waals surface area contributed by atoms with Crippen molar-refractivity contribution < 1.29 is 19.1 Å². The van der Waals surface area contributed by atoms with Crippen LogP contribution >= 0.6 is 11.3 Å². The van der Waals surface area contributed by atoms with Gasteiger partial charge >= 0.3 is 0 Å². The van der Waals surface area contributed by atoms with Gasteiger partial charge in [-0.2, -0.15) is 0 Å². The molecule has 2 fully saturated rings. The minimum Gasteiger partial charge on any atom is -0.379 e. The lowest BCUT2D eigenvalue weighted by molar-refractivity contribution is -0.135. The molecule has 0 bridgehead atoms. The molecule has 4 N–H and O–H groups in total. The lowest BCUT2D eigenvalue weighted by Crippen LogP contribution is -2.67. The number of carbonyl (C=O) groups is 3. The van der Waals surface area contributed by atoms with Crippen LogP contribution in [0.5, 0.6) is 0 Å². The molecule has 3 amide bonds. The topological polar surface area (TPSA) is 127 Å². The average molecular weight is 572 g/mol. The van der Waals surface area contributed by atoms with Crippen LogP contribution in [0.4, 0.5) is 0 Å². The van der Waals surface area contributed by atoms with E-state index in [1.165, 1.54) is 5.56 Å². The third-order valence-corrected chi connectivity index (χ3v) is 9.54. The molecule has 2 atom stereocenters. The van der Waals surface area contributed by atoms with Crippen molar-refractivity contribution >= 4 is 39.3 Å². The van der Waals surface area contributed by atoms with Crippen molar-refractivity contribution in [1.29, 1.82) is 0 Å². The van der Waals surface area contributed by atoms with Crippen LogP contribution in [-0.4, -0.2) is 72.5 Å². The molecule has 2 heterocycles. The predicted molar refractivity (Wildman–Crippen MR) is 158 cm³/mol. The smallest absolute Gasteiger partial charge is 0.243 e. The van der Waals surface area contributed by atoms with E-state index in [2.05, 4.69) is 41.5 Å². The SMILES string of the molecule is CCC(=O)NC(Cc1nc2ccc(C(C)C)cc2s1)(C(N)=O)[C@H](CNC(=O)CN1CCOCC1)C1CCCCC1. The van der Waals surface area contributed by atoms with Gasteiger partial charge in [-0.1, -0.05) is 58.9 Å². The zero-order chi connectivity index (χ0) is 28.7. The summed E-state index contributed by atoms with van der Waals surface area (Å²) in [6, 6.07) is 6.26. The first-order valence-electron chi connectivity index (χ1n) is 14.8. The van der Waals surface area contributed by atoms with E-state index in [4.69, 9.17) is 15.5 Å². The number of amides is 3. The number of nitrogens with zero attached hydrogens (tertiary/aromatic N) is 2. The summed E-state index contributed by atoms with van der Waals surface area (Å²) in [5.41, 5.74) is 6.97. The minimum atomic E-state index is -1.36. The number of ether oxygens (including phenoxy) is 1. The van der Waals surface area contributed by atoms with Gasteiger partial charge in [-0.05, 0) is 29.5 Å². The van der Waals surface area contributed by atoms with Gasteiger partial charge < -0.3 is 21.1 Å². The molecule has 2 aliphatic rings. The molecule has 4 rings (SSSR count). The maximum Gasteiger partial charge on any atom is 0.243 e. The molecule has 1 aromatic carbocycles. The van der Waals surface area contributed by atoms with Crippen LogP contribution in [0.1, 0.15) is 75.8 Å². The van der Waals surface area contributed by atoms with Gasteiger partial charge in [0.1, 0.15) is 5.54 Å². The van der Waals surface area contributed by atoms with E-state index in [0.717, 1.165) is 47.3 Å². The number of hydrogen-bond donors (Lipinski definition) is 3. The Morgan fingerprint density at radius 1 is 1.15 bits per heavy atom. The van der Waals surface area contributed by atoms with Crippen molar-refractivity contribution in [3.63, 3.8) is 0 Å². The normalized spacial score (nSPS) is 19.3. The fourth-order valence-corrected chi connectivity index (χ4v) is 7.23. The molecular formula is C30H45N5O4S. The zero-order valence-corrected chi connectivity index (χ0v) is 25.0. The summed E-state index contributed by atoms with van der Waals surface area (Å²) in [5, 5.41) is 6.95. The lowest BCUT2D eigenvalue weighted by atomic mass is 9.68. The van der Waals surface area contributed by atoms with Crippen molar-refractivity contribution in [2.75, 3.05) is 39.4 Å². The molecule has 220 valence electrons. The molecule has 1 unspecified atom stereocenters. The van der Waals surface area contributed by atoms with Crippen molar-refractivity contribution in [1.82, 2.24) is 20.5 Å². The average Bonchev–Trinajstić information content (AvgIpc) is 3.35. The molecule has 1 aliphatic heterocycles. The second-order valence-corrected chi connectivity index (χ2v) is 12.7. The predicted octanol–water partition coefficient (Wildman–Crippen LogP) is 3.36. The largest absolute Gasteiger partial charge is 0.379 e. The number of aromatic nitrogens is 1. The maximum atomic E-state index is 13.5. The molecule has 0 radical (unpaired) electrons.